The van der Waals surface area contributed by atoms with E-state index in [4.69, 9.17) is 5.73 Å². The van der Waals surface area contributed by atoms with Crippen molar-refractivity contribution in [3.8, 4) is 0 Å². The monoisotopic (exact) mass is 162 g/mol. The molecule has 12 heavy (non-hydrogen) atoms. The highest BCUT2D eigenvalue weighted by Crippen LogP contribution is 2.20. The second-order valence-corrected chi connectivity index (χ2v) is 3.44. The van der Waals surface area contributed by atoms with Crippen LogP contribution in [0.4, 0.5) is 5.82 Å². The molecule has 0 fully saturated rings. The maximum Gasteiger partial charge on any atom is 0.123 e. The third kappa shape index (κ3) is 1.42. The Morgan fingerprint density at radius 1 is 1.08 bits per heavy atom. The van der Waals surface area contributed by atoms with Crippen LogP contribution in [0.1, 0.15) is 30.4 Å². The molecule has 0 amide bonds. The Kier molecular flexibility index (Phi) is 1.98. The molecular weight excluding hydrogens is 148 g/mol. The minimum atomic E-state index is 0.663. The van der Waals surface area contributed by atoms with Crippen molar-refractivity contribution in [3.63, 3.8) is 0 Å². The van der Waals surface area contributed by atoms with Crippen LogP contribution in [0.5, 0.6) is 0 Å². The zero-order valence-corrected chi connectivity index (χ0v) is 7.21. The van der Waals surface area contributed by atoms with Crippen LogP contribution in [0.25, 0.3) is 0 Å². The van der Waals surface area contributed by atoms with E-state index in [1.807, 2.05) is 12.3 Å². The molecule has 1 aliphatic carbocycles. The number of nitrogens with two attached hydrogens (primary N) is 1. The van der Waals surface area contributed by atoms with Crippen molar-refractivity contribution in [2.75, 3.05) is 5.73 Å². The first kappa shape index (κ1) is 7.59. The molecule has 0 bridgehead atoms. The fourth-order valence-electron chi connectivity index (χ4n) is 1.81. The van der Waals surface area contributed by atoms with Gasteiger partial charge in [0.1, 0.15) is 5.82 Å². The molecule has 2 N–H and O–H groups in total. The summed E-state index contributed by atoms with van der Waals surface area (Å²) in [4.78, 5) is 4.11. The molecule has 0 unspecified atom stereocenters. The molecule has 0 aliphatic heterocycles. The highest BCUT2D eigenvalue weighted by Gasteiger charge is 2.07. The summed E-state index contributed by atoms with van der Waals surface area (Å²) < 4.78 is 0. The zero-order valence-electron chi connectivity index (χ0n) is 7.21. The summed E-state index contributed by atoms with van der Waals surface area (Å²) in [6.07, 6.45) is 8.25. The summed E-state index contributed by atoms with van der Waals surface area (Å²) in [6.45, 7) is 0. The van der Waals surface area contributed by atoms with Gasteiger partial charge in [-0.05, 0) is 42.9 Å². The van der Waals surface area contributed by atoms with Crippen molar-refractivity contribution in [3.05, 3.63) is 23.4 Å². The van der Waals surface area contributed by atoms with Crippen LogP contribution in [0.3, 0.4) is 0 Å². The first-order chi connectivity index (χ1) is 5.86. The number of aryl methyl sites for hydroxylation is 2. The fraction of sp³-hybridized carbons (Fsp3) is 0.500. The molecular formula is C10H14N2. The van der Waals surface area contributed by atoms with E-state index in [2.05, 4.69) is 4.98 Å². The molecule has 1 aromatic heterocycles. The number of aromatic nitrogens is 1. The van der Waals surface area contributed by atoms with Gasteiger partial charge >= 0.3 is 0 Å². The Morgan fingerprint density at radius 2 is 1.83 bits per heavy atom. The number of nitrogens with zero attached hydrogens (tertiary/aromatic N) is 1. The van der Waals surface area contributed by atoms with Gasteiger partial charge in [-0.25, -0.2) is 4.98 Å². The lowest BCUT2D eigenvalue weighted by Gasteiger charge is -2.04. The predicted octanol–water partition coefficient (Wildman–Crippen LogP) is 1.93. The number of hydrogen-bond acceptors (Lipinski definition) is 2. The number of hydrogen-bond donors (Lipinski definition) is 1. The zero-order chi connectivity index (χ0) is 8.39. The first-order valence-electron chi connectivity index (χ1n) is 4.59. The van der Waals surface area contributed by atoms with E-state index in [0.717, 1.165) is 0 Å². The Bertz CT molecular complexity index is 281. The molecule has 0 saturated carbocycles. The largest absolute Gasteiger partial charge is 0.384 e. The van der Waals surface area contributed by atoms with Gasteiger partial charge in [-0.3, -0.25) is 0 Å². The summed E-state index contributed by atoms with van der Waals surface area (Å²) in [7, 11) is 0. The number of anilines is 1. The molecule has 1 aromatic rings. The Balaban J connectivity index is 2.36. The van der Waals surface area contributed by atoms with Crippen LogP contribution in [0.15, 0.2) is 12.3 Å². The Hall–Kier alpha value is -1.05. The van der Waals surface area contributed by atoms with E-state index in [1.54, 1.807) is 0 Å². The molecule has 1 heterocycles. The van der Waals surface area contributed by atoms with Gasteiger partial charge in [-0.1, -0.05) is 6.42 Å². The number of fused-ring (bicyclic) bond motifs is 1. The van der Waals surface area contributed by atoms with E-state index >= 15 is 0 Å². The molecule has 0 aromatic carbocycles. The van der Waals surface area contributed by atoms with Gasteiger partial charge in [0.05, 0.1) is 0 Å². The van der Waals surface area contributed by atoms with Crippen molar-refractivity contribution < 1.29 is 0 Å². The van der Waals surface area contributed by atoms with E-state index < -0.39 is 0 Å². The maximum atomic E-state index is 5.62. The summed E-state index contributed by atoms with van der Waals surface area (Å²) in [6, 6.07) is 2.03. The highest BCUT2D eigenvalue weighted by atomic mass is 14.8. The van der Waals surface area contributed by atoms with Crippen molar-refractivity contribution in [2.45, 2.75) is 32.1 Å². The van der Waals surface area contributed by atoms with Crippen molar-refractivity contribution in [1.82, 2.24) is 4.98 Å². The van der Waals surface area contributed by atoms with Crippen LogP contribution < -0.4 is 5.73 Å². The first-order valence-corrected chi connectivity index (χ1v) is 4.59. The third-order valence-electron chi connectivity index (χ3n) is 2.50. The van der Waals surface area contributed by atoms with Gasteiger partial charge in [-0.15, -0.1) is 0 Å². The maximum absolute atomic E-state index is 5.62. The molecule has 2 heteroatoms. The minimum absolute atomic E-state index is 0.663. The van der Waals surface area contributed by atoms with E-state index in [1.165, 1.54) is 43.2 Å². The van der Waals surface area contributed by atoms with Crippen molar-refractivity contribution in [2.24, 2.45) is 0 Å². The highest BCUT2D eigenvalue weighted by molar-refractivity contribution is 5.37. The summed E-state index contributed by atoms with van der Waals surface area (Å²) in [5.74, 6) is 0.663. The second kappa shape index (κ2) is 3.13. The Morgan fingerprint density at radius 3 is 2.67 bits per heavy atom. The smallest absolute Gasteiger partial charge is 0.123 e. The minimum Gasteiger partial charge on any atom is -0.384 e. The number of nitrogen functional groups attached to an aromatic ring is 1. The standard InChI is InChI=1S/C10H14N2/c11-10-6-8-4-2-1-3-5-9(8)7-12-10/h6-7H,1-5H2,(H2,11,12). The molecule has 0 radical (unpaired) electrons. The third-order valence-corrected chi connectivity index (χ3v) is 2.50. The van der Waals surface area contributed by atoms with Crippen molar-refractivity contribution >= 4 is 5.82 Å². The van der Waals surface area contributed by atoms with Gasteiger partial charge in [-0.2, -0.15) is 0 Å². The lowest BCUT2D eigenvalue weighted by atomic mass is 10.1. The van der Waals surface area contributed by atoms with E-state index in [-0.39, 0.29) is 0 Å². The van der Waals surface area contributed by atoms with Crippen LogP contribution in [-0.2, 0) is 12.8 Å². The average Bonchev–Trinajstić information content (AvgIpc) is 2.28. The SMILES string of the molecule is Nc1cc2c(cn1)CCCCC2. The number of pyridine rings is 1. The van der Waals surface area contributed by atoms with Gasteiger partial charge in [0.15, 0.2) is 0 Å². The van der Waals surface area contributed by atoms with Gasteiger partial charge in [0, 0.05) is 6.20 Å². The molecule has 1 aliphatic rings. The van der Waals surface area contributed by atoms with Gasteiger partial charge < -0.3 is 5.73 Å². The van der Waals surface area contributed by atoms with Crippen LogP contribution in [0, 0.1) is 0 Å². The normalized spacial score (nSPS) is 16.7. The number of rotatable bonds is 0. The van der Waals surface area contributed by atoms with Gasteiger partial charge in [0.25, 0.3) is 0 Å². The topological polar surface area (TPSA) is 38.9 Å². The van der Waals surface area contributed by atoms with Crippen LogP contribution in [0.2, 0.25) is 0 Å². The second-order valence-electron chi connectivity index (χ2n) is 3.44. The van der Waals surface area contributed by atoms with Crippen LogP contribution in [-0.4, -0.2) is 4.98 Å². The molecule has 2 rings (SSSR count). The van der Waals surface area contributed by atoms with E-state index in [9.17, 15) is 0 Å². The van der Waals surface area contributed by atoms with Gasteiger partial charge in [0.2, 0.25) is 0 Å². The van der Waals surface area contributed by atoms with E-state index in [0.29, 0.717) is 5.82 Å². The Labute approximate surface area is 72.8 Å². The summed E-state index contributed by atoms with van der Waals surface area (Å²) >= 11 is 0. The molecule has 0 spiro atoms. The van der Waals surface area contributed by atoms with Crippen LogP contribution >= 0.6 is 0 Å². The predicted molar refractivity (Wildman–Crippen MR) is 49.9 cm³/mol. The molecule has 0 saturated heterocycles. The molecule has 64 valence electrons. The summed E-state index contributed by atoms with van der Waals surface area (Å²) in [5, 5.41) is 0. The van der Waals surface area contributed by atoms with Crippen molar-refractivity contribution in [1.29, 1.82) is 0 Å². The lowest BCUT2D eigenvalue weighted by Crippen LogP contribution is -1.96. The molecule has 2 nitrogen and oxygen atoms in total. The average molecular weight is 162 g/mol. The fourth-order valence-corrected chi connectivity index (χ4v) is 1.81. The quantitative estimate of drug-likeness (QED) is 0.592. The lowest BCUT2D eigenvalue weighted by molar-refractivity contribution is 0.711. The molecule has 0 atom stereocenters. The summed E-state index contributed by atoms with van der Waals surface area (Å²) in [5.41, 5.74) is 8.44.